The van der Waals surface area contributed by atoms with Gasteiger partial charge in [0.1, 0.15) is 6.10 Å². The van der Waals surface area contributed by atoms with E-state index in [9.17, 15) is 5.11 Å². The Morgan fingerprint density at radius 1 is 0.619 bits per heavy atom. The molecular formula is C17H36O4. The summed E-state index contributed by atoms with van der Waals surface area (Å²) in [5, 5.41) is 9.67. The number of hydrogen-bond acceptors (Lipinski definition) is 4. The molecule has 0 amide bonds. The van der Waals surface area contributed by atoms with Crippen LogP contribution < -0.4 is 0 Å². The van der Waals surface area contributed by atoms with E-state index < -0.39 is 6.10 Å². The maximum Gasteiger partial charge on any atom is 0.101 e. The lowest BCUT2D eigenvalue weighted by molar-refractivity contribution is -0.0325. The quantitative estimate of drug-likeness (QED) is 0.417. The smallest absolute Gasteiger partial charge is 0.101 e. The Labute approximate surface area is 131 Å². The van der Waals surface area contributed by atoms with Crippen LogP contribution in [0.5, 0.6) is 0 Å². The highest BCUT2D eigenvalue weighted by molar-refractivity contribution is 4.52. The van der Waals surface area contributed by atoms with Crippen molar-refractivity contribution in [3.8, 4) is 0 Å². The molecule has 1 atom stereocenters. The van der Waals surface area contributed by atoms with Gasteiger partial charge in [-0.25, -0.2) is 0 Å². The van der Waals surface area contributed by atoms with Crippen molar-refractivity contribution >= 4 is 0 Å². The maximum atomic E-state index is 9.67. The number of aliphatic hydroxyl groups excluding tert-OH is 1. The lowest BCUT2D eigenvalue weighted by atomic mass is 10.1. The van der Waals surface area contributed by atoms with E-state index in [2.05, 4.69) is 13.8 Å². The molecule has 0 aliphatic heterocycles. The van der Waals surface area contributed by atoms with Crippen molar-refractivity contribution in [2.24, 2.45) is 0 Å². The number of hydrogen-bond donors (Lipinski definition) is 1. The van der Waals surface area contributed by atoms with Gasteiger partial charge in [-0.1, -0.05) is 52.4 Å². The molecule has 0 aliphatic carbocycles. The number of unbranched alkanes of at least 4 members (excludes halogenated alkanes) is 6. The average molecular weight is 304 g/mol. The molecule has 0 bridgehead atoms. The summed E-state index contributed by atoms with van der Waals surface area (Å²) < 4.78 is 16.2. The van der Waals surface area contributed by atoms with Gasteiger partial charge in [0.15, 0.2) is 0 Å². The lowest BCUT2D eigenvalue weighted by Crippen LogP contribution is -2.23. The first kappa shape index (κ1) is 20.8. The van der Waals surface area contributed by atoms with Gasteiger partial charge >= 0.3 is 0 Å². The first-order valence-electron chi connectivity index (χ1n) is 8.72. The van der Waals surface area contributed by atoms with Gasteiger partial charge < -0.3 is 19.3 Å². The fourth-order valence-corrected chi connectivity index (χ4v) is 1.94. The number of rotatable bonds is 17. The highest BCUT2D eigenvalue weighted by atomic mass is 16.5. The third-order valence-electron chi connectivity index (χ3n) is 3.28. The summed E-state index contributed by atoms with van der Waals surface area (Å²) in [6, 6.07) is 0. The van der Waals surface area contributed by atoms with Crippen LogP contribution in [0.15, 0.2) is 0 Å². The molecule has 0 fully saturated rings. The molecule has 21 heavy (non-hydrogen) atoms. The molecule has 0 saturated heterocycles. The lowest BCUT2D eigenvalue weighted by Gasteiger charge is -2.12. The predicted octanol–water partition coefficient (Wildman–Crippen LogP) is 3.56. The van der Waals surface area contributed by atoms with E-state index in [0.717, 1.165) is 32.5 Å². The van der Waals surface area contributed by atoms with Gasteiger partial charge in [-0.05, 0) is 12.8 Å². The number of aliphatic hydroxyl groups is 1. The second kappa shape index (κ2) is 17.9. The average Bonchev–Trinajstić information content (AvgIpc) is 2.49. The first-order chi connectivity index (χ1) is 10.3. The second-order valence-corrected chi connectivity index (χ2v) is 5.54. The van der Waals surface area contributed by atoms with Crippen molar-refractivity contribution in [1.82, 2.24) is 0 Å². The van der Waals surface area contributed by atoms with Gasteiger partial charge in [0.05, 0.1) is 26.4 Å². The summed E-state index contributed by atoms with van der Waals surface area (Å²) in [4.78, 5) is 0. The molecule has 1 N–H and O–H groups in total. The zero-order valence-electron chi connectivity index (χ0n) is 14.1. The summed E-state index contributed by atoms with van der Waals surface area (Å²) in [6.07, 6.45) is 9.26. The van der Waals surface area contributed by atoms with Crippen molar-refractivity contribution in [3.63, 3.8) is 0 Å². The Balaban J connectivity index is 3.11. The Morgan fingerprint density at radius 3 is 1.86 bits per heavy atom. The molecule has 0 radical (unpaired) electrons. The third-order valence-corrected chi connectivity index (χ3v) is 3.28. The van der Waals surface area contributed by atoms with E-state index >= 15 is 0 Å². The maximum absolute atomic E-state index is 9.67. The van der Waals surface area contributed by atoms with Crippen molar-refractivity contribution in [3.05, 3.63) is 0 Å². The van der Waals surface area contributed by atoms with E-state index in [-0.39, 0.29) is 0 Å². The van der Waals surface area contributed by atoms with Gasteiger partial charge in [-0.2, -0.15) is 0 Å². The molecular weight excluding hydrogens is 268 g/mol. The largest absolute Gasteiger partial charge is 0.388 e. The molecule has 0 heterocycles. The Hall–Kier alpha value is -0.160. The third kappa shape index (κ3) is 17.8. The molecule has 4 nitrogen and oxygen atoms in total. The Morgan fingerprint density at radius 2 is 1.14 bits per heavy atom. The summed E-state index contributed by atoms with van der Waals surface area (Å²) in [5.41, 5.74) is 0. The van der Waals surface area contributed by atoms with E-state index in [0.29, 0.717) is 26.4 Å². The van der Waals surface area contributed by atoms with E-state index in [1.165, 1.54) is 32.1 Å². The van der Waals surface area contributed by atoms with Crippen LogP contribution in [-0.4, -0.2) is 50.9 Å². The van der Waals surface area contributed by atoms with Crippen molar-refractivity contribution in [2.75, 3.05) is 39.6 Å². The van der Waals surface area contributed by atoms with Crippen LogP contribution in [0.2, 0.25) is 0 Å². The highest BCUT2D eigenvalue weighted by Gasteiger charge is 2.04. The van der Waals surface area contributed by atoms with Crippen LogP contribution in [0.3, 0.4) is 0 Å². The second-order valence-electron chi connectivity index (χ2n) is 5.54. The fourth-order valence-electron chi connectivity index (χ4n) is 1.94. The molecule has 128 valence electrons. The van der Waals surface area contributed by atoms with E-state index in [1.807, 2.05) is 0 Å². The zero-order valence-corrected chi connectivity index (χ0v) is 14.1. The summed E-state index contributed by atoms with van der Waals surface area (Å²) >= 11 is 0. The molecule has 0 aromatic carbocycles. The van der Waals surface area contributed by atoms with Crippen LogP contribution in [0, 0.1) is 0 Å². The zero-order chi connectivity index (χ0) is 15.6. The minimum Gasteiger partial charge on any atom is -0.388 e. The topological polar surface area (TPSA) is 47.9 Å². The van der Waals surface area contributed by atoms with Crippen molar-refractivity contribution in [1.29, 1.82) is 0 Å². The molecule has 0 spiro atoms. The first-order valence-corrected chi connectivity index (χ1v) is 8.72. The SMILES string of the molecule is CCCCCCCCOCC(O)COCCOCCCC. The molecule has 4 heteroatoms. The Bertz CT molecular complexity index is 188. The van der Waals surface area contributed by atoms with Crippen molar-refractivity contribution < 1.29 is 19.3 Å². The van der Waals surface area contributed by atoms with E-state index in [4.69, 9.17) is 14.2 Å². The Kier molecular flexibility index (Phi) is 17.8. The summed E-state index contributed by atoms with van der Waals surface area (Å²) in [6.45, 7) is 7.74. The van der Waals surface area contributed by atoms with Crippen LogP contribution in [0.4, 0.5) is 0 Å². The minimum atomic E-state index is -0.527. The van der Waals surface area contributed by atoms with Gasteiger partial charge in [0.25, 0.3) is 0 Å². The molecule has 0 aliphatic rings. The van der Waals surface area contributed by atoms with Crippen LogP contribution in [0.25, 0.3) is 0 Å². The van der Waals surface area contributed by atoms with Crippen LogP contribution >= 0.6 is 0 Å². The van der Waals surface area contributed by atoms with E-state index in [1.54, 1.807) is 0 Å². The standard InChI is InChI=1S/C17H36O4/c1-3-5-7-8-9-10-12-20-15-17(18)16-21-14-13-19-11-6-4-2/h17-18H,3-16H2,1-2H3. The van der Waals surface area contributed by atoms with Gasteiger partial charge in [-0.15, -0.1) is 0 Å². The van der Waals surface area contributed by atoms with Crippen LogP contribution in [-0.2, 0) is 14.2 Å². The molecule has 0 aromatic rings. The predicted molar refractivity (Wildman–Crippen MR) is 86.7 cm³/mol. The summed E-state index contributed by atoms with van der Waals surface area (Å²) in [5.74, 6) is 0. The normalized spacial score (nSPS) is 12.7. The van der Waals surface area contributed by atoms with Crippen molar-refractivity contribution in [2.45, 2.75) is 71.3 Å². The fraction of sp³-hybridized carbons (Fsp3) is 1.00. The van der Waals surface area contributed by atoms with Crippen LogP contribution in [0.1, 0.15) is 65.2 Å². The minimum absolute atomic E-state index is 0.327. The number of ether oxygens (including phenoxy) is 3. The monoisotopic (exact) mass is 304 g/mol. The summed E-state index contributed by atoms with van der Waals surface area (Å²) in [7, 11) is 0. The molecule has 0 aromatic heterocycles. The van der Waals surface area contributed by atoms with Gasteiger partial charge in [-0.3, -0.25) is 0 Å². The molecule has 0 saturated carbocycles. The van der Waals surface area contributed by atoms with Gasteiger partial charge in [0, 0.05) is 13.2 Å². The highest BCUT2D eigenvalue weighted by Crippen LogP contribution is 2.05. The molecule has 0 rings (SSSR count). The molecule has 1 unspecified atom stereocenters. The van der Waals surface area contributed by atoms with Gasteiger partial charge in [0.2, 0.25) is 0 Å².